The van der Waals surface area contributed by atoms with Gasteiger partial charge in [0.15, 0.2) is 0 Å². The molecule has 3 amide bonds. The molecule has 118 valence electrons. The highest BCUT2D eigenvalue weighted by molar-refractivity contribution is 8.00. The maximum absolute atomic E-state index is 12.4. The Morgan fingerprint density at radius 2 is 1.78 bits per heavy atom. The molecule has 0 unspecified atom stereocenters. The number of hydrogen-bond acceptors (Lipinski definition) is 3. The molecule has 0 fully saturated rings. The summed E-state index contributed by atoms with van der Waals surface area (Å²) in [5.74, 6) is -0.394. The van der Waals surface area contributed by atoms with Crippen molar-refractivity contribution in [1.29, 1.82) is 0 Å². The van der Waals surface area contributed by atoms with E-state index in [-0.39, 0.29) is 0 Å². The first kappa shape index (κ1) is 15.6. The number of urea groups is 1. The van der Waals surface area contributed by atoms with E-state index >= 15 is 0 Å². The van der Waals surface area contributed by atoms with Crippen molar-refractivity contribution in [1.82, 2.24) is 5.32 Å². The van der Waals surface area contributed by atoms with Gasteiger partial charge in [-0.05, 0) is 48.1 Å². The van der Waals surface area contributed by atoms with Crippen LogP contribution in [0.1, 0.15) is 28.4 Å². The number of fused-ring (bicyclic) bond motifs is 1. The van der Waals surface area contributed by atoms with Gasteiger partial charge in [0.25, 0.3) is 0 Å². The monoisotopic (exact) mass is 326 g/mol. The second-order valence-electron chi connectivity index (χ2n) is 5.55. The zero-order valence-electron chi connectivity index (χ0n) is 12.6. The molecule has 0 aromatic heterocycles. The Balaban J connectivity index is 1.86. The lowest BCUT2D eigenvalue weighted by Crippen LogP contribution is -2.37. The second kappa shape index (κ2) is 6.87. The Hall–Kier alpha value is -2.27. The van der Waals surface area contributed by atoms with E-state index in [1.54, 1.807) is 0 Å². The van der Waals surface area contributed by atoms with Crippen LogP contribution in [0.3, 0.4) is 0 Å². The number of aryl methyl sites for hydroxylation is 2. The summed E-state index contributed by atoms with van der Waals surface area (Å²) in [6.07, 6.45) is 3.41. The number of carbonyl (C=O) groups is 2. The Bertz CT molecular complexity index is 731. The van der Waals surface area contributed by atoms with E-state index in [0.29, 0.717) is 0 Å². The Morgan fingerprint density at radius 3 is 2.52 bits per heavy atom. The highest BCUT2D eigenvalue weighted by atomic mass is 32.2. The first-order chi connectivity index (χ1) is 11.1. The maximum Gasteiger partial charge on any atom is 0.318 e. The highest BCUT2D eigenvalue weighted by Gasteiger charge is 2.23. The number of nitrogens with two attached hydrogens (primary N) is 1. The van der Waals surface area contributed by atoms with Crippen molar-refractivity contribution in [3.63, 3.8) is 0 Å². The number of amides is 3. The van der Waals surface area contributed by atoms with E-state index < -0.39 is 17.2 Å². The molecule has 3 N–H and O–H groups in total. The summed E-state index contributed by atoms with van der Waals surface area (Å²) in [5.41, 5.74) is 8.69. The van der Waals surface area contributed by atoms with Crippen LogP contribution in [0.15, 0.2) is 53.4 Å². The molecule has 1 aliphatic rings. The minimum absolute atomic E-state index is 0.394. The van der Waals surface area contributed by atoms with Gasteiger partial charge in [0.05, 0.1) is 0 Å². The highest BCUT2D eigenvalue weighted by Crippen LogP contribution is 2.37. The lowest BCUT2D eigenvalue weighted by atomic mass is 10.1. The SMILES string of the molecule is NC(=O)NC(=O)[C@@H](Sc1ccc2c(c1)CCC2)c1ccccc1. The summed E-state index contributed by atoms with van der Waals surface area (Å²) in [6.45, 7) is 0. The molecule has 0 saturated carbocycles. The van der Waals surface area contributed by atoms with Gasteiger partial charge in [-0.1, -0.05) is 36.4 Å². The number of rotatable bonds is 4. The summed E-state index contributed by atoms with van der Waals surface area (Å²) in [6, 6.07) is 14.9. The fourth-order valence-electron chi connectivity index (χ4n) is 2.85. The standard InChI is InChI=1S/C18H18N2O2S/c19-18(22)20-17(21)16(13-5-2-1-3-6-13)23-15-10-9-12-7-4-8-14(12)11-15/h1-3,5-6,9-11,16H,4,7-8H2,(H3,19,20,21,22)/t16-/m0/s1. The van der Waals surface area contributed by atoms with Crippen molar-refractivity contribution >= 4 is 23.7 Å². The van der Waals surface area contributed by atoms with Crippen LogP contribution in [0.4, 0.5) is 4.79 Å². The fourth-order valence-corrected chi connectivity index (χ4v) is 3.93. The molecule has 4 nitrogen and oxygen atoms in total. The molecule has 0 radical (unpaired) electrons. The molecule has 1 atom stereocenters. The zero-order chi connectivity index (χ0) is 16.2. The Kier molecular flexibility index (Phi) is 4.67. The predicted octanol–water partition coefficient (Wildman–Crippen LogP) is 3.20. The van der Waals surface area contributed by atoms with Crippen LogP contribution in [0.5, 0.6) is 0 Å². The molecule has 5 heteroatoms. The van der Waals surface area contributed by atoms with Gasteiger partial charge >= 0.3 is 6.03 Å². The fraction of sp³-hybridized carbons (Fsp3) is 0.222. The molecule has 0 spiro atoms. The van der Waals surface area contributed by atoms with Gasteiger partial charge in [0, 0.05) is 4.90 Å². The third-order valence-electron chi connectivity index (χ3n) is 3.91. The van der Waals surface area contributed by atoms with Crippen LogP contribution >= 0.6 is 11.8 Å². The van der Waals surface area contributed by atoms with Crippen molar-refractivity contribution in [3.05, 3.63) is 65.2 Å². The first-order valence-electron chi connectivity index (χ1n) is 7.57. The largest absolute Gasteiger partial charge is 0.351 e. The summed E-state index contributed by atoms with van der Waals surface area (Å²) >= 11 is 1.44. The van der Waals surface area contributed by atoms with Crippen molar-refractivity contribution in [2.24, 2.45) is 5.73 Å². The lowest BCUT2D eigenvalue weighted by Gasteiger charge is -2.16. The van der Waals surface area contributed by atoms with Gasteiger partial charge < -0.3 is 5.73 Å². The lowest BCUT2D eigenvalue weighted by molar-refractivity contribution is -0.119. The average molecular weight is 326 g/mol. The number of benzene rings is 2. The van der Waals surface area contributed by atoms with Crippen molar-refractivity contribution in [2.75, 3.05) is 0 Å². The van der Waals surface area contributed by atoms with E-state index in [2.05, 4.69) is 17.4 Å². The molecule has 0 heterocycles. The second-order valence-corrected chi connectivity index (χ2v) is 6.72. The predicted molar refractivity (Wildman–Crippen MR) is 91.2 cm³/mol. The molecule has 2 aromatic rings. The van der Waals surface area contributed by atoms with Gasteiger partial charge in [-0.15, -0.1) is 11.8 Å². The van der Waals surface area contributed by atoms with Crippen LogP contribution in [0, 0.1) is 0 Å². The van der Waals surface area contributed by atoms with Crippen molar-refractivity contribution < 1.29 is 9.59 Å². The van der Waals surface area contributed by atoms with Crippen LogP contribution in [0.2, 0.25) is 0 Å². The number of primary amides is 1. The third-order valence-corrected chi connectivity index (χ3v) is 5.16. The third kappa shape index (κ3) is 3.74. The van der Waals surface area contributed by atoms with Crippen molar-refractivity contribution in [3.8, 4) is 0 Å². The van der Waals surface area contributed by atoms with Gasteiger partial charge in [0.2, 0.25) is 5.91 Å². The van der Waals surface area contributed by atoms with E-state index in [1.807, 2.05) is 36.4 Å². The smallest absolute Gasteiger partial charge is 0.318 e. The van der Waals surface area contributed by atoms with Crippen LogP contribution in [-0.4, -0.2) is 11.9 Å². The number of nitrogens with one attached hydrogen (secondary N) is 1. The van der Waals surface area contributed by atoms with Crippen LogP contribution in [-0.2, 0) is 17.6 Å². The minimum atomic E-state index is -0.828. The zero-order valence-corrected chi connectivity index (χ0v) is 13.4. The number of hydrogen-bond donors (Lipinski definition) is 2. The molecule has 0 aliphatic heterocycles. The average Bonchev–Trinajstić information content (AvgIpc) is 3.00. The molecule has 2 aromatic carbocycles. The molecular weight excluding hydrogens is 308 g/mol. The molecule has 0 saturated heterocycles. The Labute approximate surface area is 139 Å². The number of carbonyl (C=O) groups excluding carboxylic acids is 2. The van der Waals surface area contributed by atoms with Gasteiger partial charge in [-0.3, -0.25) is 10.1 Å². The number of imide groups is 1. The summed E-state index contributed by atoms with van der Waals surface area (Å²) in [7, 11) is 0. The maximum atomic E-state index is 12.4. The van der Waals surface area contributed by atoms with E-state index in [9.17, 15) is 9.59 Å². The molecule has 0 bridgehead atoms. The molecule has 3 rings (SSSR count). The minimum Gasteiger partial charge on any atom is -0.351 e. The van der Waals surface area contributed by atoms with Crippen LogP contribution in [0.25, 0.3) is 0 Å². The van der Waals surface area contributed by atoms with Crippen LogP contribution < -0.4 is 11.1 Å². The molecule has 1 aliphatic carbocycles. The van der Waals surface area contributed by atoms with E-state index in [4.69, 9.17) is 5.73 Å². The molecular formula is C18H18N2O2S. The summed E-state index contributed by atoms with van der Waals surface area (Å²) < 4.78 is 0. The van der Waals surface area contributed by atoms with Crippen molar-refractivity contribution in [2.45, 2.75) is 29.4 Å². The normalized spacial score (nSPS) is 14.1. The topological polar surface area (TPSA) is 72.2 Å². The summed E-state index contributed by atoms with van der Waals surface area (Å²) in [5, 5.41) is 1.68. The van der Waals surface area contributed by atoms with Gasteiger partial charge in [-0.25, -0.2) is 4.79 Å². The molecule has 23 heavy (non-hydrogen) atoms. The number of thioether (sulfide) groups is 1. The quantitative estimate of drug-likeness (QED) is 0.848. The first-order valence-corrected chi connectivity index (χ1v) is 8.45. The van der Waals surface area contributed by atoms with E-state index in [1.165, 1.54) is 29.3 Å². The Morgan fingerprint density at radius 1 is 1.04 bits per heavy atom. The van der Waals surface area contributed by atoms with E-state index in [0.717, 1.165) is 23.3 Å². The summed E-state index contributed by atoms with van der Waals surface area (Å²) in [4.78, 5) is 24.4. The van der Waals surface area contributed by atoms with Gasteiger partial charge in [-0.2, -0.15) is 0 Å². The van der Waals surface area contributed by atoms with Gasteiger partial charge in [0.1, 0.15) is 5.25 Å².